The number of Topliss-reactive ketones (excluding diaryl/α,β-unsaturated/α-hetero) is 1. The third-order valence-electron chi connectivity index (χ3n) is 1.25. The Kier molecular flexibility index (Phi) is 3.51. The summed E-state index contributed by atoms with van der Waals surface area (Å²) in [5, 5.41) is 0. The maximum absolute atomic E-state index is 12.1. The number of carbonyl (C=O) groups excluding carboxylic acids is 2. The van der Waals surface area contributed by atoms with Crippen molar-refractivity contribution in [2.75, 3.05) is 0 Å². The predicted octanol–water partition coefficient (Wildman–Crippen LogP) is 2.07. The second-order valence-corrected chi connectivity index (χ2v) is 2.38. The zero-order valence-electron chi connectivity index (χ0n) is 6.84. The Morgan fingerprint density at radius 2 is 1.25 bits per heavy atom. The molecule has 2 nitrogen and oxygen atoms in total. The van der Waals surface area contributed by atoms with E-state index in [1.807, 2.05) is 0 Å². The van der Waals surface area contributed by atoms with Crippen LogP contribution in [-0.2, 0) is 9.59 Å². The topological polar surface area (TPSA) is 34.1 Å². The molecule has 0 heterocycles. The molecule has 0 radical (unpaired) electrons. The summed E-state index contributed by atoms with van der Waals surface area (Å²) in [5.41, 5.74) is -3.21. The highest BCUT2D eigenvalue weighted by Crippen LogP contribution is 2.40. The van der Waals surface area contributed by atoms with Crippen LogP contribution in [0, 0.1) is 0 Å². The minimum Gasteiger partial charge on any atom is -0.286 e. The summed E-state index contributed by atoms with van der Waals surface area (Å²) in [6, 6.07) is 0. The average Bonchev–Trinajstić information content (AvgIpc) is 2.00. The lowest BCUT2D eigenvalue weighted by atomic mass is 10.1. The van der Waals surface area contributed by atoms with Crippen LogP contribution in [0.3, 0.4) is 0 Å². The Hall–Kier alpha value is -1.44. The number of rotatable bonds is 2. The molecule has 0 aromatic heterocycles. The van der Waals surface area contributed by atoms with Gasteiger partial charge in [-0.3, -0.25) is 4.79 Å². The molecule has 0 N–H and O–H groups in total. The van der Waals surface area contributed by atoms with E-state index in [1.165, 1.54) is 0 Å². The minimum absolute atomic E-state index is 0.268. The van der Waals surface area contributed by atoms with Crippen LogP contribution in [0.2, 0.25) is 0 Å². The lowest BCUT2D eigenvalue weighted by Gasteiger charge is -2.18. The summed E-state index contributed by atoms with van der Waals surface area (Å²) < 4.78 is 93.7. The van der Waals surface area contributed by atoms with Crippen molar-refractivity contribution in [2.45, 2.75) is 18.3 Å². The van der Waals surface area contributed by atoms with Crippen LogP contribution in [0.4, 0.5) is 35.1 Å². The van der Waals surface area contributed by atoms with Crippen LogP contribution in [0.5, 0.6) is 0 Å². The van der Waals surface area contributed by atoms with Crippen molar-refractivity contribution in [3.05, 3.63) is 5.57 Å². The number of halogens is 8. The number of allylic oxidation sites excluding steroid dienone is 1. The van der Waals surface area contributed by atoms with Crippen LogP contribution in [0.15, 0.2) is 5.57 Å². The van der Waals surface area contributed by atoms with Crippen molar-refractivity contribution in [3.8, 4) is 0 Å². The van der Waals surface area contributed by atoms with Gasteiger partial charge in [0.2, 0.25) is 0 Å². The maximum Gasteiger partial charge on any atom is 0.461 e. The van der Waals surface area contributed by atoms with E-state index in [0.717, 1.165) is 0 Å². The van der Waals surface area contributed by atoms with Gasteiger partial charge in [0.15, 0.2) is 5.57 Å². The van der Waals surface area contributed by atoms with E-state index < -0.39 is 29.6 Å². The van der Waals surface area contributed by atoms with Crippen LogP contribution in [0.25, 0.3) is 0 Å². The molecule has 10 heteroatoms. The van der Waals surface area contributed by atoms with Gasteiger partial charge < -0.3 is 0 Å². The van der Waals surface area contributed by atoms with E-state index in [2.05, 4.69) is 0 Å². The molecule has 16 heavy (non-hydrogen) atoms. The molecule has 0 aliphatic rings. The Morgan fingerprint density at radius 1 is 0.875 bits per heavy atom. The SMILES string of the molecule is O=C=C(C(=O)C(F)(F)C(F)(F)F)C(F)(F)F. The summed E-state index contributed by atoms with van der Waals surface area (Å²) in [5.74, 6) is -10.2. The summed E-state index contributed by atoms with van der Waals surface area (Å²) in [7, 11) is 0. The lowest BCUT2D eigenvalue weighted by molar-refractivity contribution is -0.268. The highest BCUT2D eigenvalue weighted by Gasteiger charge is 2.66. The zero-order valence-corrected chi connectivity index (χ0v) is 6.84. The van der Waals surface area contributed by atoms with E-state index in [1.54, 1.807) is 0 Å². The average molecular weight is 256 g/mol. The summed E-state index contributed by atoms with van der Waals surface area (Å²) in [6.45, 7) is 0. The standard InChI is InChI=1S/C6F8O2/c7-4(8,6(12,13)14)3(16)2(1-15)5(9,10)11. The highest BCUT2D eigenvalue weighted by molar-refractivity contribution is 6.08. The molecule has 0 aromatic carbocycles. The Morgan fingerprint density at radius 3 is 1.44 bits per heavy atom. The monoisotopic (exact) mass is 256 g/mol. The third kappa shape index (κ3) is 2.57. The van der Waals surface area contributed by atoms with Gasteiger partial charge in [-0.2, -0.15) is 35.1 Å². The summed E-state index contributed by atoms with van der Waals surface area (Å²) in [4.78, 5) is 19.8. The molecule has 0 spiro atoms. The third-order valence-corrected chi connectivity index (χ3v) is 1.25. The molecule has 0 bridgehead atoms. The normalized spacial score (nSPS) is 13.2. The molecule has 0 rings (SSSR count). The van der Waals surface area contributed by atoms with Gasteiger partial charge in [-0.1, -0.05) is 0 Å². The molecule has 0 saturated carbocycles. The fraction of sp³-hybridized carbons (Fsp3) is 0.500. The first-order valence-electron chi connectivity index (χ1n) is 3.17. The van der Waals surface area contributed by atoms with E-state index >= 15 is 0 Å². The molecule has 0 unspecified atom stereocenters. The number of ketones is 1. The molecular weight excluding hydrogens is 256 g/mol. The summed E-state index contributed by atoms with van der Waals surface area (Å²) in [6.07, 6.45) is -12.4. The van der Waals surface area contributed by atoms with Gasteiger partial charge in [0.05, 0.1) is 0 Å². The largest absolute Gasteiger partial charge is 0.461 e. The van der Waals surface area contributed by atoms with E-state index in [-0.39, 0.29) is 5.94 Å². The predicted molar refractivity (Wildman–Crippen MR) is 31.3 cm³/mol. The van der Waals surface area contributed by atoms with Crippen molar-refractivity contribution < 1.29 is 44.7 Å². The molecule has 0 aliphatic heterocycles. The number of alkyl halides is 8. The molecule has 0 fully saturated rings. The van der Waals surface area contributed by atoms with Gasteiger partial charge >= 0.3 is 18.3 Å². The van der Waals surface area contributed by atoms with Crippen LogP contribution < -0.4 is 0 Å². The van der Waals surface area contributed by atoms with Crippen molar-refractivity contribution in [3.63, 3.8) is 0 Å². The van der Waals surface area contributed by atoms with Crippen molar-refractivity contribution >= 4 is 11.7 Å². The molecular formula is C6F8O2. The zero-order chi connectivity index (χ0) is 13.4. The van der Waals surface area contributed by atoms with Crippen LogP contribution >= 0.6 is 0 Å². The smallest absolute Gasteiger partial charge is 0.286 e. The van der Waals surface area contributed by atoms with Crippen molar-refractivity contribution in [1.29, 1.82) is 0 Å². The minimum atomic E-state index is -6.52. The van der Waals surface area contributed by atoms with Gasteiger partial charge in [-0.15, -0.1) is 0 Å². The number of carbonyl (C=O) groups is 1. The van der Waals surface area contributed by atoms with Gasteiger partial charge in [0, 0.05) is 0 Å². The van der Waals surface area contributed by atoms with Crippen molar-refractivity contribution in [1.82, 2.24) is 0 Å². The summed E-state index contributed by atoms with van der Waals surface area (Å²) >= 11 is 0. The first kappa shape index (κ1) is 14.6. The highest BCUT2D eigenvalue weighted by atomic mass is 19.4. The molecule has 92 valence electrons. The quantitative estimate of drug-likeness (QED) is 0.430. The number of hydrogen-bond acceptors (Lipinski definition) is 2. The maximum atomic E-state index is 12.1. The molecule has 0 saturated heterocycles. The van der Waals surface area contributed by atoms with Gasteiger partial charge in [0.1, 0.15) is 5.94 Å². The molecule has 0 atom stereocenters. The Balaban J connectivity index is 5.48. The Bertz CT molecular complexity index is 343. The van der Waals surface area contributed by atoms with Gasteiger partial charge in [-0.25, -0.2) is 4.79 Å². The fourth-order valence-electron chi connectivity index (χ4n) is 0.519. The molecule has 0 aliphatic carbocycles. The number of hydrogen-bond donors (Lipinski definition) is 0. The van der Waals surface area contributed by atoms with E-state index in [9.17, 15) is 44.7 Å². The van der Waals surface area contributed by atoms with E-state index in [0.29, 0.717) is 0 Å². The Labute approximate surface area is 81.5 Å². The van der Waals surface area contributed by atoms with Crippen LogP contribution in [0.1, 0.15) is 0 Å². The van der Waals surface area contributed by atoms with Gasteiger partial charge in [0.25, 0.3) is 5.78 Å². The molecule has 0 amide bonds. The van der Waals surface area contributed by atoms with Gasteiger partial charge in [-0.05, 0) is 0 Å². The first-order chi connectivity index (χ1) is 6.85. The molecule has 0 aromatic rings. The second kappa shape index (κ2) is 3.85. The van der Waals surface area contributed by atoms with Crippen molar-refractivity contribution in [2.24, 2.45) is 0 Å². The lowest BCUT2D eigenvalue weighted by Crippen LogP contribution is -2.47. The first-order valence-corrected chi connectivity index (χ1v) is 3.17. The second-order valence-electron chi connectivity index (χ2n) is 2.38. The van der Waals surface area contributed by atoms with E-state index in [4.69, 9.17) is 0 Å². The fourth-order valence-corrected chi connectivity index (χ4v) is 0.519. The van der Waals surface area contributed by atoms with Crippen LogP contribution in [-0.4, -0.2) is 30.0 Å².